The lowest BCUT2D eigenvalue weighted by Gasteiger charge is -2.21. The Kier molecular flexibility index (Phi) is 3.32. The summed E-state index contributed by atoms with van der Waals surface area (Å²) in [4.78, 5) is 0. The van der Waals surface area contributed by atoms with Crippen LogP contribution in [0.1, 0.15) is 5.56 Å². The monoisotopic (exact) mass is 326 g/mol. The summed E-state index contributed by atoms with van der Waals surface area (Å²) >= 11 is 3.31. The first-order valence-corrected chi connectivity index (χ1v) is 7.74. The largest absolute Gasteiger partial charge is 0.486 e. The number of hydrogen-bond donors (Lipinski definition) is 0. The van der Waals surface area contributed by atoms with Gasteiger partial charge in [-0.3, -0.25) is 0 Å². The lowest BCUT2D eigenvalue weighted by Crippen LogP contribution is -2.17. The second kappa shape index (κ2) is 4.43. The van der Waals surface area contributed by atoms with Gasteiger partial charge in [-0.15, -0.1) is 0 Å². The van der Waals surface area contributed by atoms with Gasteiger partial charge in [0.25, 0.3) is 0 Å². The highest BCUT2D eigenvalue weighted by Crippen LogP contribution is 2.40. The fourth-order valence-electron chi connectivity index (χ4n) is 1.46. The maximum atomic E-state index is 11.0. The number of hydrogen-bond acceptors (Lipinski definition) is 4. The summed E-state index contributed by atoms with van der Waals surface area (Å²) in [5, 5.41) is 0. The molecule has 0 atom stereocenters. The highest BCUT2D eigenvalue weighted by molar-refractivity contribution is 9.10. The number of rotatable bonds is 2. The molecule has 2 rings (SSSR count). The Bertz CT molecular complexity index is 514. The van der Waals surface area contributed by atoms with Gasteiger partial charge in [0.15, 0.2) is 11.5 Å². The van der Waals surface area contributed by atoms with E-state index in [-0.39, 0.29) is 5.75 Å². The predicted molar refractivity (Wildman–Crippen MR) is 63.6 cm³/mol. The second-order valence-corrected chi connectivity index (χ2v) is 6.88. The standard InChI is InChI=1S/C9H8BrClO4S/c10-7-2-1-6(5-16(11,12)13)8-9(7)15-4-3-14-8/h1-2H,3-5H2. The fourth-order valence-corrected chi connectivity index (χ4v) is 2.84. The van der Waals surface area contributed by atoms with Crippen molar-refractivity contribution in [1.29, 1.82) is 0 Å². The maximum Gasteiger partial charge on any atom is 0.236 e. The molecule has 16 heavy (non-hydrogen) atoms. The van der Waals surface area contributed by atoms with E-state index >= 15 is 0 Å². The van der Waals surface area contributed by atoms with Crippen LogP contribution in [0.3, 0.4) is 0 Å². The molecule has 1 heterocycles. The molecule has 1 aromatic rings. The summed E-state index contributed by atoms with van der Waals surface area (Å²) in [5.41, 5.74) is 0.507. The van der Waals surface area contributed by atoms with E-state index in [0.717, 1.165) is 4.47 Å². The topological polar surface area (TPSA) is 52.6 Å². The van der Waals surface area contributed by atoms with E-state index in [4.69, 9.17) is 20.2 Å². The van der Waals surface area contributed by atoms with Crippen LogP contribution in [0, 0.1) is 0 Å². The SMILES string of the molecule is O=S(=O)(Cl)Cc1ccc(Br)c2c1OCCO2. The van der Waals surface area contributed by atoms with E-state index in [1.54, 1.807) is 12.1 Å². The summed E-state index contributed by atoms with van der Waals surface area (Å²) in [6.07, 6.45) is 0. The molecule has 0 aliphatic carbocycles. The van der Waals surface area contributed by atoms with Crippen LogP contribution in [0.2, 0.25) is 0 Å². The molecular weight excluding hydrogens is 320 g/mol. The maximum absolute atomic E-state index is 11.0. The van der Waals surface area contributed by atoms with E-state index in [1.165, 1.54) is 0 Å². The quantitative estimate of drug-likeness (QED) is 0.782. The first-order valence-electron chi connectivity index (χ1n) is 4.47. The highest BCUT2D eigenvalue weighted by atomic mass is 79.9. The first kappa shape index (κ1) is 12.0. The van der Waals surface area contributed by atoms with Gasteiger partial charge in [-0.1, -0.05) is 6.07 Å². The van der Waals surface area contributed by atoms with Crippen molar-refractivity contribution in [3.63, 3.8) is 0 Å². The van der Waals surface area contributed by atoms with Crippen LogP contribution in [0.4, 0.5) is 0 Å². The number of benzene rings is 1. The minimum atomic E-state index is -3.60. The predicted octanol–water partition coefficient (Wildman–Crippen LogP) is 2.29. The van der Waals surface area contributed by atoms with Crippen molar-refractivity contribution in [2.45, 2.75) is 5.75 Å². The van der Waals surface area contributed by atoms with Gasteiger partial charge < -0.3 is 9.47 Å². The molecule has 0 spiro atoms. The van der Waals surface area contributed by atoms with Crippen molar-refractivity contribution in [2.24, 2.45) is 0 Å². The molecule has 0 radical (unpaired) electrons. The Hall–Kier alpha value is -0.460. The Morgan fingerprint density at radius 1 is 1.25 bits per heavy atom. The van der Waals surface area contributed by atoms with Gasteiger partial charge in [0.1, 0.15) is 13.2 Å². The van der Waals surface area contributed by atoms with E-state index < -0.39 is 9.05 Å². The molecule has 0 saturated carbocycles. The van der Waals surface area contributed by atoms with Crippen molar-refractivity contribution >= 4 is 35.7 Å². The van der Waals surface area contributed by atoms with Crippen LogP contribution in [0.25, 0.3) is 0 Å². The summed E-state index contributed by atoms with van der Waals surface area (Å²) in [6.45, 7) is 0.849. The zero-order valence-electron chi connectivity index (χ0n) is 8.07. The third-order valence-corrected chi connectivity index (χ3v) is 3.66. The van der Waals surface area contributed by atoms with Gasteiger partial charge in [0.05, 0.1) is 10.2 Å². The van der Waals surface area contributed by atoms with Crippen LogP contribution < -0.4 is 9.47 Å². The van der Waals surface area contributed by atoms with Gasteiger partial charge in [0.2, 0.25) is 9.05 Å². The van der Waals surface area contributed by atoms with E-state index in [0.29, 0.717) is 30.3 Å². The minimum Gasteiger partial charge on any atom is -0.486 e. The van der Waals surface area contributed by atoms with Crippen molar-refractivity contribution < 1.29 is 17.9 Å². The van der Waals surface area contributed by atoms with Crippen LogP contribution in [0.5, 0.6) is 11.5 Å². The Balaban J connectivity index is 2.47. The second-order valence-electron chi connectivity index (χ2n) is 3.24. The molecule has 0 bridgehead atoms. The molecule has 4 nitrogen and oxygen atoms in total. The molecule has 0 N–H and O–H groups in total. The van der Waals surface area contributed by atoms with Gasteiger partial charge in [-0.25, -0.2) is 8.42 Å². The highest BCUT2D eigenvalue weighted by Gasteiger charge is 2.21. The third-order valence-electron chi connectivity index (χ3n) is 2.05. The Labute approximate surface area is 106 Å². The molecule has 1 aliphatic rings. The molecule has 0 aromatic heterocycles. The zero-order chi connectivity index (χ0) is 11.8. The van der Waals surface area contributed by atoms with E-state index in [9.17, 15) is 8.42 Å². The molecule has 0 fully saturated rings. The zero-order valence-corrected chi connectivity index (χ0v) is 11.2. The Morgan fingerprint density at radius 3 is 2.50 bits per heavy atom. The molecule has 7 heteroatoms. The Morgan fingerprint density at radius 2 is 1.88 bits per heavy atom. The van der Waals surface area contributed by atoms with Gasteiger partial charge in [0, 0.05) is 16.2 Å². The minimum absolute atomic E-state index is 0.270. The third kappa shape index (κ3) is 2.61. The summed E-state index contributed by atoms with van der Waals surface area (Å²) in [5.74, 6) is 0.710. The average molecular weight is 328 g/mol. The molecule has 1 aromatic carbocycles. The normalized spacial score (nSPS) is 14.9. The number of fused-ring (bicyclic) bond motifs is 1. The summed E-state index contributed by atoms with van der Waals surface area (Å²) < 4.78 is 33.6. The fraction of sp³-hybridized carbons (Fsp3) is 0.333. The molecule has 0 saturated heterocycles. The number of ether oxygens (including phenoxy) is 2. The van der Waals surface area contributed by atoms with E-state index in [2.05, 4.69) is 15.9 Å². The van der Waals surface area contributed by atoms with Crippen molar-refractivity contribution in [1.82, 2.24) is 0 Å². The van der Waals surface area contributed by atoms with Crippen molar-refractivity contribution in [3.05, 3.63) is 22.2 Å². The molecular formula is C9H8BrClO4S. The van der Waals surface area contributed by atoms with Gasteiger partial charge >= 0.3 is 0 Å². The smallest absolute Gasteiger partial charge is 0.236 e. The molecule has 0 amide bonds. The molecule has 0 unspecified atom stereocenters. The summed E-state index contributed by atoms with van der Waals surface area (Å²) in [7, 11) is 1.61. The summed E-state index contributed by atoms with van der Waals surface area (Å²) in [6, 6.07) is 3.36. The lowest BCUT2D eigenvalue weighted by atomic mass is 10.2. The van der Waals surface area contributed by atoms with Crippen LogP contribution in [0.15, 0.2) is 16.6 Å². The molecule has 88 valence electrons. The van der Waals surface area contributed by atoms with Crippen molar-refractivity contribution in [2.75, 3.05) is 13.2 Å². The van der Waals surface area contributed by atoms with Crippen LogP contribution in [-0.4, -0.2) is 21.6 Å². The van der Waals surface area contributed by atoms with Gasteiger partial charge in [-0.2, -0.15) is 0 Å². The van der Waals surface area contributed by atoms with Gasteiger partial charge in [-0.05, 0) is 22.0 Å². The van der Waals surface area contributed by atoms with Crippen LogP contribution >= 0.6 is 26.6 Å². The first-order chi connectivity index (χ1) is 7.47. The molecule has 1 aliphatic heterocycles. The van der Waals surface area contributed by atoms with E-state index in [1.807, 2.05) is 0 Å². The van der Waals surface area contributed by atoms with Crippen LogP contribution in [-0.2, 0) is 14.8 Å². The number of halogens is 2. The lowest BCUT2D eigenvalue weighted by molar-refractivity contribution is 0.169. The average Bonchev–Trinajstić information content (AvgIpc) is 2.21. The van der Waals surface area contributed by atoms with Crippen molar-refractivity contribution in [3.8, 4) is 11.5 Å².